The monoisotopic (exact) mass is 518 g/mol. The normalized spacial score (nSPS) is 25.2. The topological polar surface area (TPSA) is 84.3 Å². The number of hydrogen-bond donors (Lipinski definition) is 1. The SMILES string of the molecule is Cc1ccc(N2C(=O)[C@@H]3[C@H](CC(C)C)N[C@]4(c5ccccc5-n5c4nc4ccccc4c5=O)[C@H]3C2=O)cc1C. The van der Waals surface area contributed by atoms with Crippen LogP contribution in [0.1, 0.15) is 42.8 Å². The Kier molecular flexibility index (Phi) is 5.04. The van der Waals surface area contributed by atoms with Gasteiger partial charge in [-0.05, 0) is 67.6 Å². The van der Waals surface area contributed by atoms with E-state index in [2.05, 4.69) is 19.2 Å². The lowest BCUT2D eigenvalue weighted by atomic mass is 9.75. The first-order valence-electron chi connectivity index (χ1n) is 13.6. The van der Waals surface area contributed by atoms with Gasteiger partial charge in [0.15, 0.2) is 0 Å². The molecule has 0 radical (unpaired) electrons. The van der Waals surface area contributed by atoms with E-state index in [-0.39, 0.29) is 23.4 Å². The maximum absolute atomic E-state index is 14.5. The van der Waals surface area contributed by atoms with Crippen molar-refractivity contribution < 1.29 is 9.59 Å². The number of nitrogens with one attached hydrogen (secondary N) is 1. The number of benzene rings is 3. The highest BCUT2D eigenvalue weighted by atomic mass is 16.2. The number of carbonyl (C=O) groups is 2. The minimum absolute atomic E-state index is 0.173. The number of fused-ring (bicyclic) bond motifs is 8. The van der Waals surface area contributed by atoms with Crippen molar-refractivity contribution in [2.45, 2.75) is 45.7 Å². The quantitative estimate of drug-likeness (QED) is 0.407. The first kappa shape index (κ1) is 24.0. The van der Waals surface area contributed by atoms with Crippen molar-refractivity contribution >= 4 is 28.4 Å². The summed E-state index contributed by atoms with van der Waals surface area (Å²) in [6.45, 7) is 8.24. The average Bonchev–Trinajstić information content (AvgIpc) is 3.49. The summed E-state index contributed by atoms with van der Waals surface area (Å²) in [6.07, 6.45) is 0.711. The summed E-state index contributed by atoms with van der Waals surface area (Å²) in [5.41, 5.74) is 3.53. The molecule has 3 aliphatic heterocycles. The summed E-state index contributed by atoms with van der Waals surface area (Å²) in [5, 5.41) is 4.29. The molecule has 0 unspecified atom stereocenters. The molecule has 4 aromatic rings. The molecule has 4 atom stereocenters. The number of imide groups is 1. The minimum Gasteiger partial charge on any atom is -0.297 e. The molecule has 3 aromatic carbocycles. The Morgan fingerprint density at radius 3 is 2.44 bits per heavy atom. The fourth-order valence-electron chi connectivity index (χ4n) is 7.05. The summed E-state index contributed by atoms with van der Waals surface area (Å²) >= 11 is 0. The van der Waals surface area contributed by atoms with E-state index in [9.17, 15) is 14.4 Å². The number of nitrogens with zero attached hydrogens (tertiary/aromatic N) is 3. The number of aromatic nitrogens is 2. The van der Waals surface area contributed by atoms with E-state index in [0.29, 0.717) is 40.4 Å². The molecule has 1 aromatic heterocycles. The van der Waals surface area contributed by atoms with Crippen molar-refractivity contribution in [2.24, 2.45) is 17.8 Å². The summed E-state index contributed by atoms with van der Waals surface area (Å²) in [7, 11) is 0. The van der Waals surface area contributed by atoms with E-state index < -0.39 is 17.4 Å². The number of para-hydroxylation sites is 2. The van der Waals surface area contributed by atoms with Crippen LogP contribution in [0.2, 0.25) is 0 Å². The van der Waals surface area contributed by atoms with E-state index in [4.69, 9.17) is 4.98 Å². The molecule has 2 amide bonds. The third-order valence-electron chi connectivity index (χ3n) is 8.84. The first-order valence-corrected chi connectivity index (χ1v) is 13.6. The molecule has 196 valence electrons. The van der Waals surface area contributed by atoms with Crippen LogP contribution in [0.3, 0.4) is 0 Å². The van der Waals surface area contributed by atoms with Gasteiger partial charge in [0, 0.05) is 11.6 Å². The number of rotatable bonds is 3. The van der Waals surface area contributed by atoms with Crippen molar-refractivity contribution in [3.05, 3.63) is 99.6 Å². The van der Waals surface area contributed by atoms with E-state index in [1.54, 1.807) is 10.6 Å². The highest BCUT2D eigenvalue weighted by Crippen LogP contribution is 2.56. The fraction of sp³-hybridized carbons (Fsp3) is 0.312. The Labute approximate surface area is 226 Å². The molecular weight excluding hydrogens is 488 g/mol. The average molecular weight is 519 g/mol. The van der Waals surface area contributed by atoms with Gasteiger partial charge in [0.25, 0.3) is 5.56 Å². The predicted octanol–water partition coefficient (Wildman–Crippen LogP) is 4.38. The standard InChI is InChI=1S/C32H30N4O3/c1-17(2)15-24-26-27(30(39)35(29(26)38)20-14-13-18(3)19(4)16-20)32(34-24)22-10-6-8-12-25(22)36-28(37)21-9-5-7-11-23(21)33-31(32)36/h5-14,16-17,24,26-27,34H,15H2,1-4H3/t24-,26+,27+,32+/m0/s1. The Morgan fingerprint density at radius 1 is 0.923 bits per heavy atom. The molecule has 1 spiro atoms. The fourth-order valence-corrected chi connectivity index (χ4v) is 7.05. The van der Waals surface area contributed by atoms with Gasteiger partial charge < -0.3 is 0 Å². The van der Waals surface area contributed by atoms with E-state index in [1.165, 1.54) is 4.90 Å². The first-order chi connectivity index (χ1) is 18.7. The van der Waals surface area contributed by atoms with Gasteiger partial charge in [-0.3, -0.25) is 24.3 Å². The van der Waals surface area contributed by atoms with Crippen LogP contribution in [0.15, 0.2) is 71.5 Å². The van der Waals surface area contributed by atoms with Crippen LogP contribution < -0.4 is 15.8 Å². The van der Waals surface area contributed by atoms with Crippen LogP contribution >= 0.6 is 0 Å². The molecule has 4 heterocycles. The lowest BCUT2D eigenvalue weighted by molar-refractivity contribution is -0.123. The molecule has 7 rings (SSSR count). The molecule has 1 N–H and O–H groups in total. The van der Waals surface area contributed by atoms with Crippen LogP contribution in [0.5, 0.6) is 0 Å². The number of amides is 2. The van der Waals surface area contributed by atoms with Crippen molar-refractivity contribution in [2.75, 3.05) is 4.90 Å². The van der Waals surface area contributed by atoms with Crippen LogP contribution in [-0.2, 0) is 15.1 Å². The van der Waals surface area contributed by atoms with Gasteiger partial charge in [0.1, 0.15) is 11.4 Å². The largest absolute Gasteiger partial charge is 0.297 e. The maximum atomic E-state index is 14.5. The number of hydrogen-bond acceptors (Lipinski definition) is 5. The van der Waals surface area contributed by atoms with Crippen LogP contribution in [-0.4, -0.2) is 27.4 Å². The van der Waals surface area contributed by atoms with Gasteiger partial charge in [-0.25, -0.2) is 9.88 Å². The summed E-state index contributed by atoms with van der Waals surface area (Å²) in [4.78, 5) is 49.0. The van der Waals surface area contributed by atoms with Gasteiger partial charge in [-0.1, -0.05) is 50.2 Å². The smallest absolute Gasteiger partial charge is 0.266 e. The Morgan fingerprint density at radius 2 is 1.67 bits per heavy atom. The molecule has 0 saturated carbocycles. The summed E-state index contributed by atoms with van der Waals surface area (Å²) < 4.78 is 1.65. The lowest BCUT2D eigenvalue weighted by Crippen LogP contribution is -2.50. The molecular formula is C32H30N4O3. The van der Waals surface area contributed by atoms with Gasteiger partial charge in [0.05, 0.1) is 34.1 Å². The second kappa shape index (κ2) is 8.20. The Bertz CT molecular complexity index is 1770. The van der Waals surface area contributed by atoms with Crippen LogP contribution in [0.25, 0.3) is 16.6 Å². The Balaban J connectivity index is 1.51. The van der Waals surface area contributed by atoms with Crippen molar-refractivity contribution in [3.63, 3.8) is 0 Å². The predicted molar refractivity (Wildman–Crippen MR) is 150 cm³/mol. The summed E-state index contributed by atoms with van der Waals surface area (Å²) in [6, 6.07) is 20.4. The third kappa shape index (κ3) is 3.08. The van der Waals surface area contributed by atoms with Gasteiger partial charge in [-0.2, -0.15) is 0 Å². The van der Waals surface area contributed by atoms with Gasteiger partial charge >= 0.3 is 0 Å². The van der Waals surface area contributed by atoms with E-state index >= 15 is 0 Å². The van der Waals surface area contributed by atoms with Gasteiger partial charge in [-0.15, -0.1) is 0 Å². The number of aryl methyl sites for hydroxylation is 2. The molecule has 7 heteroatoms. The second-order valence-electron chi connectivity index (χ2n) is 11.6. The zero-order valence-electron chi connectivity index (χ0n) is 22.4. The molecule has 7 nitrogen and oxygen atoms in total. The van der Waals surface area contributed by atoms with E-state index in [0.717, 1.165) is 16.7 Å². The number of anilines is 1. The maximum Gasteiger partial charge on any atom is 0.266 e. The number of carbonyl (C=O) groups excluding carboxylic acids is 2. The zero-order chi connectivity index (χ0) is 27.2. The van der Waals surface area contributed by atoms with Crippen molar-refractivity contribution in [3.8, 4) is 5.69 Å². The molecule has 39 heavy (non-hydrogen) atoms. The summed E-state index contributed by atoms with van der Waals surface area (Å²) in [5.74, 6) is -0.986. The Hall–Kier alpha value is -4.10. The third-order valence-corrected chi connectivity index (χ3v) is 8.84. The molecule has 0 bridgehead atoms. The molecule has 0 aliphatic carbocycles. The van der Waals surface area contributed by atoms with Crippen molar-refractivity contribution in [1.82, 2.24) is 14.9 Å². The zero-order valence-corrected chi connectivity index (χ0v) is 22.4. The lowest BCUT2D eigenvalue weighted by Gasteiger charge is -2.32. The van der Waals surface area contributed by atoms with Crippen LogP contribution in [0.4, 0.5) is 5.69 Å². The van der Waals surface area contributed by atoms with Crippen molar-refractivity contribution in [1.29, 1.82) is 0 Å². The molecule has 3 aliphatic rings. The van der Waals surface area contributed by atoms with Crippen LogP contribution in [0, 0.1) is 31.6 Å². The molecule has 2 saturated heterocycles. The second-order valence-corrected chi connectivity index (χ2v) is 11.6. The van der Waals surface area contributed by atoms with E-state index in [1.807, 2.05) is 74.5 Å². The minimum atomic E-state index is -1.11. The highest BCUT2D eigenvalue weighted by Gasteiger charge is 2.69. The highest BCUT2D eigenvalue weighted by molar-refractivity contribution is 6.23. The van der Waals surface area contributed by atoms with Gasteiger partial charge in [0.2, 0.25) is 11.8 Å². The molecule has 2 fully saturated rings.